The van der Waals surface area contributed by atoms with E-state index in [4.69, 9.17) is 0 Å². The highest BCUT2D eigenvalue weighted by Gasteiger charge is 2.54. The molecule has 3 aromatic rings. The quantitative estimate of drug-likeness (QED) is 0.590. The van der Waals surface area contributed by atoms with Crippen molar-refractivity contribution in [3.63, 3.8) is 0 Å². The average molecular weight is 489 g/mol. The third-order valence-electron chi connectivity index (χ3n) is 6.83. The maximum atomic E-state index is 13.8. The van der Waals surface area contributed by atoms with Crippen LogP contribution in [0.15, 0.2) is 72.1 Å². The van der Waals surface area contributed by atoms with Gasteiger partial charge in [-0.1, -0.05) is 36.4 Å². The first kappa shape index (κ1) is 23.1. The summed E-state index contributed by atoms with van der Waals surface area (Å²) in [6.45, 7) is 3.28. The summed E-state index contributed by atoms with van der Waals surface area (Å²) in [5.41, 5.74) is 1.95. The van der Waals surface area contributed by atoms with Crippen LogP contribution >= 0.6 is 11.3 Å². The van der Waals surface area contributed by atoms with Crippen LogP contribution in [0.25, 0.3) is 0 Å². The molecule has 0 radical (unpaired) electrons. The standard InChI is InChI=1S/C27H28N4O3S/c1-20-7-5-8-21(17-20)28-24(32)18-30-19-31(22-9-3-2-4-10-22)27(26(30)34)12-14-29(15-13-27)25(33)23-11-6-16-35-23/h2-11,16-17H,12-15,18-19H2,1H3,(H,28,32). The van der Waals surface area contributed by atoms with Crippen molar-refractivity contribution < 1.29 is 14.4 Å². The van der Waals surface area contributed by atoms with Gasteiger partial charge in [-0.05, 0) is 61.0 Å². The minimum Gasteiger partial charge on any atom is -0.339 e. The molecular formula is C27H28N4O3S. The molecule has 1 spiro atoms. The van der Waals surface area contributed by atoms with Crippen molar-refractivity contribution in [1.29, 1.82) is 0 Å². The lowest BCUT2D eigenvalue weighted by Crippen LogP contribution is -2.57. The lowest BCUT2D eigenvalue weighted by molar-refractivity contribution is -0.136. The number of hydrogen-bond donors (Lipinski definition) is 1. The molecule has 1 aromatic heterocycles. The molecule has 2 aliphatic heterocycles. The second-order valence-electron chi connectivity index (χ2n) is 9.13. The van der Waals surface area contributed by atoms with Gasteiger partial charge in [0.1, 0.15) is 12.1 Å². The molecule has 0 aliphatic carbocycles. The monoisotopic (exact) mass is 488 g/mol. The van der Waals surface area contributed by atoms with Gasteiger partial charge in [-0.15, -0.1) is 11.3 Å². The Bertz CT molecular complexity index is 1220. The molecule has 3 heterocycles. The highest BCUT2D eigenvalue weighted by molar-refractivity contribution is 7.12. The number of benzene rings is 2. The Kier molecular flexibility index (Phi) is 6.30. The molecule has 0 atom stereocenters. The summed E-state index contributed by atoms with van der Waals surface area (Å²) < 4.78 is 0. The number of amides is 3. The van der Waals surface area contributed by atoms with Crippen LogP contribution < -0.4 is 10.2 Å². The van der Waals surface area contributed by atoms with Gasteiger partial charge in [-0.25, -0.2) is 0 Å². The zero-order chi connectivity index (χ0) is 24.4. The Morgan fingerprint density at radius 3 is 2.46 bits per heavy atom. The van der Waals surface area contributed by atoms with Crippen LogP contribution in [0.1, 0.15) is 28.1 Å². The molecule has 8 heteroatoms. The molecule has 180 valence electrons. The van der Waals surface area contributed by atoms with Crippen LogP contribution in [0, 0.1) is 6.92 Å². The van der Waals surface area contributed by atoms with Gasteiger partial charge >= 0.3 is 0 Å². The highest BCUT2D eigenvalue weighted by atomic mass is 32.1. The fraction of sp³-hybridized carbons (Fsp3) is 0.296. The third kappa shape index (κ3) is 4.53. The highest BCUT2D eigenvalue weighted by Crippen LogP contribution is 2.39. The number of piperidine rings is 1. The Balaban J connectivity index is 1.34. The van der Waals surface area contributed by atoms with E-state index in [1.807, 2.05) is 83.9 Å². The number of hydrogen-bond acceptors (Lipinski definition) is 5. The number of thiophene rings is 1. The van der Waals surface area contributed by atoms with E-state index >= 15 is 0 Å². The first-order chi connectivity index (χ1) is 17.0. The van der Waals surface area contributed by atoms with Crippen molar-refractivity contribution in [2.24, 2.45) is 0 Å². The van der Waals surface area contributed by atoms with Crippen LogP contribution in [0.3, 0.4) is 0 Å². The molecule has 5 rings (SSSR count). The number of likely N-dealkylation sites (tertiary alicyclic amines) is 1. The van der Waals surface area contributed by atoms with Gasteiger partial charge < -0.3 is 20.0 Å². The van der Waals surface area contributed by atoms with Gasteiger partial charge in [0, 0.05) is 24.5 Å². The van der Waals surface area contributed by atoms with Gasteiger partial charge in [-0.3, -0.25) is 14.4 Å². The van der Waals surface area contributed by atoms with Gasteiger partial charge in [0.15, 0.2) is 0 Å². The number of carbonyl (C=O) groups excluding carboxylic acids is 3. The van der Waals surface area contributed by atoms with Gasteiger partial charge in [-0.2, -0.15) is 0 Å². The molecule has 2 aliphatic rings. The molecule has 0 bridgehead atoms. The molecule has 0 saturated carbocycles. The summed E-state index contributed by atoms with van der Waals surface area (Å²) in [6.07, 6.45) is 1.04. The topological polar surface area (TPSA) is 73.0 Å². The molecule has 0 unspecified atom stereocenters. The van der Waals surface area contributed by atoms with E-state index in [0.717, 1.165) is 16.9 Å². The molecule has 7 nitrogen and oxygen atoms in total. The summed E-state index contributed by atoms with van der Waals surface area (Å²) in [5, 5.41) is 4.81. The SMILES string of the molecule is Cc1cccc(NC(=O)CN2CN(c3ccccc3)C3(CCN(C(=O)c4cccs4)CC3)C2=O)c1. The number of para-hydroxylation sites is 1. The van der Waals surface area contributed by atoms with Crippen molar-refractivity contribution in [2.75, 3.05) is 36.5 Å². The third-order valence-corrected chi connectivity index (χ3v) is 7.69. The van der Waals surface area contributed by atoms with E-state index in [1.165, 1.54) is 11.3 Å². The van der Waals surface area contributed by atoms with E-state index in [0.29, 0.717) is 37.5 Å². The van der Waals surface area contributed by atoms with Crippen LogP contribution in [-0.4, -0.2) is 59.4 Å². The molecule has 35 heavy (non-hydrogen) atoms. The Hall–Kier alpha value is -3.65. The molecule has 2 aromatic carbocycles. The average Bonchev–Trinajstić information content (AvgIpc) is 3.49. The number of nitrogens with zero attached hydrogens (tertiary/aromatic N) is 3. The number of carbonyl (C=O) groups is 3. The molecule has 2 saturated heterocycles. The van der Waals surface area contributed by atoms with Crippen molar-refractivity contribution in [3.8, 4) is 0 Å². The summed E-state index contributed by atoms with van der Waals surface area (Å²) >= 11 is 1.43. The summed E-state index contributed by atoms with van der Waals surface area (Å²) in [7, 11) is 0. The minimum atomic E-state index is -0.767. The van der Waals surface area contributed by atoms with E-state index in [1.54, 1.807) is 4.90 Å². The smallest absolute Gasteiger partial charge is 0.263 e. The van der Waals surface area contributed by atoms with Crippen molar-refractivity contribution >= 4 is 40.4 Å². The Labute approximate surface area is 209 Å². The van der Waals surface area contributed by atoms with Crippen molar-refractivity contribution in [2.45, 2.75) is 25.3 Å². The fourth-order valence-electron chi connectivity index (χ4n) is 5.05. The summed E-state index contributed by atoms with van der Waals surface area (Å²) in [4.78, 5) is 45.8. The van der Waals surface area contributed by atoms with Gasteiger partial charge in [0.25, 0.3) is 11.8 Å². The Morgan fingerprint density at radius 1 is 1.00 bits per heavy atom. The minimum absolute atomic E-state index is 0.0148. The maximum absolute atomic E-state index is 13.8. The lowest BCUT2D eigenvalue weighted by atomic mass is 9.85. The van der Waals surface area contributed by atoms with Gasteiger partial charge in [0.05, 0.1) is 11.5 Å². The molecule has 2 fully saturated rings. The molecule has 3 amide bonds. The predicted octanol–water partition coefficient (Wildman–Crippen LogP) is 3.98. The zero-order valence-corrected chi connectivity index (χ0v) is 20.5. The number of rotatable bonds is 5. The van der Waals surface area contributed by atoms with Crippen LogP contribution in [-0.2, 0) is 9.59 Å². The second kappa shape index (κ2) is 9.54. The number of aryl methyl sites for hydroxylation is 1. The first-order valence-electron chi connectivity index (χ1n) is 11.8. The van der Waals surface area contributed by atoms with Crippen LogP contribution in [0.5, 0.6) is 0 Å². The maximum Gasteiger partial charge on any atom is 0.263 e. The van der Waals surface area contributed by atoms with Gasteiger partial charge in [0.2, 0.25) is 5.91 Å². The van der Waals surface area contributed by atoms with Crippen molar-refractivity contribution in [1.82, 2.24) is 9.80 Å². The van der Waals surface area contributed by atoms with Crippen molar-refractivity contribution in [3.05, 3.63) is 82.6 Å². The van der Waals surface area contributed by atoms with E-state index in [-0.39, 0.29) is 24.3 Å². The second-order valence-corrected chi connectivity index (χ2v) is 10.1. The Morgan fingerprint density at radius 2 is 1.77 bits per heavy atom. The zero-order valence-electron chi connectivity index (χ0n) is 19.6. The van der Waals surface area contributed by atoms with Crippen LogP contribution in [0.4, 0.5) is 11.4 Å². The van der Waals surface area contributed by atoms with E-state index in [9.17, 15) is 14.4 Å². The summed E-state index contributed by atoms with van der Waals surface area (Å²) in [6, 6.07) is 21.2. The summed E-state index contributed by atoms with van der Waals surface area (Å²) in [5.74, 6) is -0.260. The normalized spacial score (nSPS) is 17.2. The van der Waals surface area contributed by atoms with E-state index < -0.39 is 5.54 Å². The first-order valence-corrected chi connectivity index (χ1v) is 12.7. The predicted molar refractivity (Wildman–Crippen MR) is 137 cm³/mol. The fourth-order valence-corrected chi connectivity index (χ4v) is 5.75. The lowest BCUT2D eigenvalue weighted by Gasteiger charge is -2.43. The van der Waals surface area contributed by atoms with E-state index in [2.05, 4.69) is 10.2 Å². The largest absolute Gasteiger partial charge is 0.339 e. The number of nitrogens with one attached hydrogen (secondary N) is 1. The number of anilines is 2. The molecule has 1 N–H and O–H groups in total. The molecular weight excluding hydrogens is 460 g/mol. The van der Waals surface area contributed by atoms with Crippen LogP contribution in [0.2, 0.25) is 0 Å².